The van der Waals surface area contributed by atoms with E-state index in [9.17, 15) is 4.79 Å². The second-order valence-electron chi connectivity index (χ2n) is 9.10. The highest BCUT2D eigenvalue weighted by Crippen LogP contribution is 2.23. The lowest BCUT2D eigenvalue weighted by atomic mass is 10.0. The molecule has 1 amide bonds. The number of nitrogens with one attached hydrogen (secondary N) is 1. The molecule has 0 spiro atoms. The van der Waals surface area contributed by atoms with Crippen LogP contribution in [0.3, 0.4) is 0 Å². The minimum absolute atomic E-state index is 0.0257. The Kier molecular flexibility index (Phi) is 7.00. The summed E-state index contributed by atoms with van der Waals surface area (Å²) in [6, 6.07) is 19.3. The van der Waals surface area contributed by atoms with Crippen molar-refractivity contribution in [3.63, 3.8) is 0 Å². The normalized spacial score (nSPS) is 15.2. The van der Waals surface area contributed by atoms with Crippen LogP contribution in [0.15, 0.2) is 54.6 Å². The van der Waals surface area contributed by atoms with Gasteiger partial charge in [-0.2, -0.15) is 0 Å². The van der Waals surface area contributed by atoms with Gasteiger partial charge < -0.3 is 9.88 Å². The summed E-state index contributed by atoms with van der Waals surface area (Å²) in [5, 5.41) is 12.0. The van der Waals surface area contributed by atoms with E-state index in [-0.39, 0.29) is 11.9 Å². The first-order valence-corrected chi connectivity index (χ1v) is 11.6. The number of hydrogen-bond donors (Lipinski definition) is 1. The Balaban J connectivity index is 1.42. The first kappa shape index (κ1) is 22.2. The average Bonchev–Trinajstić information content (AvgIpc) is 3.08. The standard InChI is InChI=1S/C26H33N5O/c1-19(2)17-24(27-20(3)32)26-29-28-25-13-14-30(15-16-31(25)26)18-21-9-11-23(12-10-21)22-7-5-4-6-8-22/h4-12,19,24H,13-18H2,1-3H3,(H,27,32)/t24-/m1/s1. The van der Waals surface area contributed by atoms with Gasteiger partial charge in [-0.3, -0.25) is 9.69 Å². The van der Waals surface area contributed by atoms with Gasteiger partial charge in [-0.05, 0) is 29.0 Å². The molecule has 0 aliphatic carbocycles. The number of fused-ring (bicyclic) bond motifs is 1. The van der Waals surface area contributed by atoms with Crippen molar-refractivity contribution in [1.82, 2.24) is 25.0 Å². The Morgan fingerprint density at radius 3 is 2.38 bits per heavy atom. The highest BCUT2D eigenvalue weighted by atomic mass is 16.1. The molecule has 168 valence electrons. The van der Waals surface area contributed by atoms with Crippen molar-refractivity contribution in [2.24, 2.45) is 5.92 Å². The third-order valence-corrected chi connectivity index (χ3v) is 6.01. The fraction of sp³-hybridized carbons (Fsp3) is 0.423. The summed E-state index contributed by atoms with van der Waals surface area (Å²) >= 11 is 0. The summed E-state index contributed by atoms with van der Waals surface area (Å²) < 4.78 is 2.22. The molecule has 0 saturated heterocycles. The highest BCUT2D eigenvalue weighted by Gasteiger charge is 2.25. The van der Waals surface area contributed by atoms with Crippen molar-refractivity contribution < 1.29 is 4.79 Å². The second-order valence-corrected chi connectivity index (χ2v) is 9.10. The van der Waals surface area contributed by atoms with Crippen molar-refractivity contribution in [1.29, 1.82) is 0 Å². The fourth-order valence-corrected chi connectivity index (χ4v) is 4.44. The minimum atomic E-state index is -0.0918. The van der Waals surface area contributed by atoms with Gasteiger partial charge in [0, 0.05) is 39.5 Å². The van der Waals surface area contributed by atoms with Crippen LogP contribution < -0.4 is 5.32 Å². The monoisotopic (exact) mass is 431 g/mol. The number of nitrogens with zero attached hydrogens (tertiary/aromatic N) is 4. The minimum Gasteiger partial charge on any atom is -0.346 e. The first-order valence-electron chi connectivity index (χ1n) is 11.6. The SMILES string of the molecule is CC(=O)N[C@H](CC(C)C)c1nnc2n1CCN(Cc1ccc(-c3ccccc3)cc1)CC2. The molecule has 4 rings (SSSR count). The van der Waals surface area contributed by atoms with E-state index in [0.29, 0.717) is 5.92 Å². The lowest BCUT2D eigenvalue weighted by Gasteiger charge is -2.22. The summed E-state index contributed by atoms with van der Waals surface area (Å²) in [5.41, 5.74) is 3.81. The third-order valence-electron chi connectivity index (χ3n) is 6.01. The maximum atomic E-state index is 11.8. The van der Waals surface area contributed by atoms with Gasteiger partial charge in [0.25, 0.3) is 0 Å². The zero-order valence-electron chi connectivity index (χ0n) is 19.3. The van der Waals surface area contributed by atoms with E-state index >= 15 is 0 Å². The van der Waals surface area contributed by atoms with Crippen molar-refractivity contribution in [2.45, 2.75) is 52.7 Å². The molecule has 0 bridgehead atoms. The summed E-state index contributed by atoms with van der Waals surface area (Å²) in [4.78, 5) is 14.2. The molecule has 0 radical (unpaired) electrons. The van der Waals surface area contributed by atoms with Crippen molar-refractivity contribution in [2.75, 3.05) is 13.1 Å². The number of rotatable bonds is 7. The number of carbonyl (C=O) groups excluding carboxylic acids is 1. The van der Waals surface area contributed by atoms with E-state index in [1.54, 1.807) is 6.92 Å². The highest BCUT2D eigenvalue weighted by molar-refractivity contribution is 5.73. The van der Waals surface area contributed by atoms with Gasteiger partial charge in [0.1, 0.15) is 5.82 Å². The van der Waals surface area contributed by atoms with Crippen molar-refractivity contribution >= 4 is 5.91 Å². The van der Waals surface area contributed by atoms with E-state index in [1.807, 2.05) is 6.07 Å². The molecular weight excluding hydrogens is 398 g/mol. The van der Waals surface area contributed by atoms with Gasteiger partial charge in [0.2, 0.25) is 5.91 Å². The average molecular weight is 432 g/mol. The lowest BCUT2D eigenvalue weighted by molar-refractivity contribution is -0.119. The van der Waals surface area contributed by atoms with Crippen LogP contribution in [0.2, 0.25) is 0 Å². The zero-order valence-corrected chi connectivity index (χ0v) is 19.3. The van der Waals surface area contributed by atoms with Crippen LogP contribution in [0, 0.1) is 5.92 Å². The van der Waals surface area contributed by atoms with Crippen LogP contribution in [0.5, 0.6) is 0 Å². The van der Waals surface area contributed by atoms with Crippen molar-refractivity contribution in [3.05, 3.63) is 71.8 Å². The summed E-state index contributed by atoms with van der Waals surface area (Å²) in [6.45, 7) is 9.55. The molecule has 1 aliphatic heterocycles. The van der Waals surface area contributed by atoms with Crippen LogP contribution in [0.25, 0.3) is 11.1 Å². The topological polar surface area (TPSA) is 63.1 Å². The fourth-order valence-electron chi connectivity index (χ4n) is 4.44. The van der Waals surface area contributed by atoms with Crippen LogP contribution in [0.4, 0.5) is 0 Å². The van der Waals surface area contributed by atoms with Gasteiger partial charge in [-0.15, -0.1) is 10.2 Å². The molecule has 2 aromatic carbocycles. The van der Waals surface area contributed by atoms with Gasteiger partial charge in [0.05, 0.1) is 6.04 Å². The third kappa shape index (κ3) is 5.43. The number of amides is 1. The van der Waals surface area contributed by atoms with Gasteiger partial charge in [-0.25, -0.2) is 0 Å². The molecule has 6 heteroatoms. The first-order chi connectivity index (χ1) is 15.5. The predicted molar refractivity (Wildman–Crippen MR) is 127 cm³/mol. The molecule has 1 N–H and O–H groups in total. The van der Waals surface area contributed by atoms with Gasteiger partial charge >= 0.3 is 0 Å². The quantitative estimate of drug-likeness (QED) is 0.608. The largest absolute Gasteiger partial charge is 0.346 e. The molecule has 6 nitrogen and oxygen atoms in total. The molecule has 3 aromatic rings. The van der Waals surface area contributed by atoms with Crippen LogP contribution in [0.1, 0.15) is 50.4 Å². The summed E-state index contributed by atoms with van der Waals surface area (Å²) in [5.74, 6) is 2.34. The Bertz CT molecular complexity index is 1030. The number of hydrogen-bond acceptors (Lipinski definition) is 4. The van der Waals surface area contributed by atoms with E-state index in [4.69, 9.17) is 0 Å². The summed E-state index contributed by atoms with van der Waals surface area (Å²) in [7, 11) is 0. The Morgan fingerprint density at radius 2 is 1.69 bits per heavy atom. The molecule has 1 atom stereocenters. The van der Waals surface area contributed by atoms with E-state index < -0.39 is 0 Å². The zero-order chi connectivity index (χ0) is 22.5. The predicted octanol–water partition coefficient (Wildman–Crippen LogP) is 4.23. The Labute approximate surface area is 190 Å². The van der Waals surface area contributed by atoms with Crippen LogP contribution in [-0.4, -0.2) is 38.7 Å². The Hall–Kier alpha value is -2.99. The summed E-state index contributed by atoms with van der Waals surface area (Å²) in [6.07, 6.45) is 1.72. The molecule has 0 unspecified atom stereocenters. The molecule has 32 heavy (non-hydrogen) atoms. The molecular formula is C26H33N5O. The van der Waals surface area contributed by atoms with Crippen molar-refractivity contribution in [3.8, 4) is 11.1 Å². The number of carbonyl (C=O) groups is 1. The van der Waals surface area contributed by atoms with E-state index in [1.165, 1.54) is 16.7 Å². The molecule has 1 aromatic heterocycles. The Morgan fingerprint density at radius 1 is 0.969 bits per heavy atom. The molecule has 1 aliphatic rings. The molecule has 2 heterocycles. The van der Waals surface area contributed by atoms with Gasteiger partial charge in [-0.1, -0.05) is 68.4 Å². The second kappa shape index (κ2) is 10.1. The maximum absolute atomic E-state index is 11.8. The van der Waals surface area contributed by atoms with Gasteiger partial charge in [0.15, 0.2) is 5.82 Å². The van der Waals surface area contributed by atoms with Crippen LogP contribution in [-0.2, 0) is 24.3 Å². The molecule has 0 saturated carbocycles. The van der Waals surface area contributed by atoms with Crippen LogP contribution >= 0.6 is 0 Å². The smallest absolute Gasteiger partial charge is 0.217 e. The lowest BCUT2D eigenvalue weighted by Crippen LogP contribution is -2.31. The number of aromatic nitrogens is 3. The molecule has 0 fully saturated rings. The maximum Gasteiger partial charge on any atom is 0.217 e. The van der Waals surface area contributed by atoms with E-state index in [0.717, 1.165) is 50.7 Å². The van der Waals surface area contributed by atoms with E-state index in [2.05, 4.69) is 87.4 Å². The number of benzene rings is 2.